The van der Waals surface area contributed by atoms with Crippen molar-refractivity contribution in [1.29, 1.82) is 0 Å². The zero-order valence-electron chi connectivity index (χ0n) is 39.6. The van der Waals surface area contributed by atoms with Crippen LogP contribution in [0.4, 0.5) is 17.1 Å². The number of nitrogens with zero attached hydrogens (tertiary/aromatic N) is 1. The second kappa shape index (κ2) is 17.0. The fraction of sp³-hybridized carbons (Fsp3) is 0.0141. The lowest BCUT2D eigenvalue weighted by Gasteiger charge is -2.32. The largest absolute Gasteiger partial charge is 0.310 e. The maximum absolute atomic E-state index is 2.49. The first-order valence-electron chi connectivity index (χ1n) is 25.0. The van der Waals surface area contributed by atoms with Crippen LogP contribution < -0.4 is 4.90 Å². The van der Waals surface area contributed by atoms with Crippen LogP contribution in [0, 0.1) is 0 Å². The van der Waals surface area contributed by atoms with Gasteiger partial charge in [-0.1, -0.05) is 249 Å². The SMILES string of the molecule is c1ccc(-c2ccccc2-c2c(-c3ccccc3)cccc2-c2ccc(N(c3ccc(-c4cccc5ccccc45)cc3)c3ccc4c(c3)C3(c5ccccc5-c5ccccc53)c3ccccc3-4)cc2)cc1. The second-order valence-electron chi connectivity index (χ2n) is 19.1. The van der Waals surface area contributed by atoms with Crippen molar-refractivity contribution in [2.75, 3.05) is 4.90 Å². The van der Waals surface area contributed by atoms with E-state index in [0.717, 1.165) is 22.6 Å². The lowest BCUT2D eigenvalue weighted by atomic mass is 9.70. The summed E-state index contributed by atoms with van der Waals surface area (Å²) in [6, 6.07) is 105. The Bertz CT molecular complexity index is 3950. The molecule has 0 aliphatic heterocycles. The van der Waals surface area contributed by atoms with E-state index in [1.807, 2.05) is 0 Å². The molecule has 2 aliphatic rings. The number of hydrogen-bond acceptors (Lipinski definition) is 1. The first-order valence-corrected chi connectivity index (χ1v) is 25.0. The fourth-order valence-corrected chi connectivity index (χ4v) is 12.2. The quantitative estimate of drug-likeness (QED) is 0.147. The van der Waals surface area contributed by atoms with E-state index in [1.54, 1.807) is 0 Å². The molecule has 0 saturated carbocycles. The van der Waals surface area contributed by atoms with Crippen LogP contribution in [-0.2, 0) is 5.41 Å². The smallest absolute Gasteiger partial charge is 0.0726 e. The van der Waals surface area contributed by atoms with Gasteiger partial charge < -0.3 is 4.90 Å². The monoisotopic (exact) mass is 913 g/mol. The maximum atomic E-state index is 2.49. The summed E-state index contributed by atoms with van der Waals surface area (Å²) in [6.07, 6.45) is 0. The molecule has 0 heterocycles. The topological polar surface area (TPSA) is 3.24 Å². The lowest BCUT2D eigenvalue weighted by Crippen LogP contribution is -2.26. The third-order valence-corrected chi connectivity index (χ3v) is 15.3. The van der Waals surface area contributed by atoms with Crippen LogP contribution in [0.2, 0.25) is 0 Å². The first-order chi connectivity index (χ1) is 35.7. The molecule has 1 nitrogen and oxygen atoms in total. The average molecular weight is 914 g/mol. The zero-order valence-corrected chi connectivity index (χ0v) is 39.6. The summed E-state index contributed by atoms with van der Waals surface area (Å²) in [6.45, 7) is 0. The molecule has 0 unspecified atom stereocenters. The molecule has 2 aliphatic carbocycles. The van der Waals surface area contributed by atoms with Gasteiger partial charge >= 0.3 is 0 Å². The normalized spacial score (nSPS) is 12.6. The Kier molecular flexibility index (Phi) is 9.82. The van der Waals surface area contributed by atoms with Crippen LogP contribution in [0.1, 0.15) is 22.3 Å². The van der Waals surface area contributed by atoms with Crippen LogP contribution in [0.3, 0.4) is 0 Å². The Balaban J connectivity index is 0.956. The number of hydrogen-bond donors (Lipinski definition) is 0. The van der Waals surface area contributed by atoms with Gasteiger partial charge in [0.1, 0.15) is 0 Å². The van der Waals surface area contributed by atoms with Crippen LogP contribution in [-0.4, -0.2) is 0 Å². The molecule has 336 valence electrons. The summed E-state index contributed by atoms with van der Waals surface area (Å²) in [5, 5.41) is 2.49. The van der Waals surface area contributed by atoms with Crippen molar-refractivity contribution in [2.24, 2.45) is 0 Å². The summed E-state index contributed by atoms with van der Waals surface area (Å²) in [7, 11) is 0. The highest BCUT2D eigenvalue weighted by Gasteiger charge is 2.51. The highest BCUT2D eigenvalue weighted by atomic mass is 15.1. The summed E-state index contributed by atoms with van der Waals surface area (Å²) in [5.74, 6) is 0. The van der Waals surface area contributed by atoms with E-state index in [9.17, 15) is 0 Å². The summed E-state index contributed by atoms with van der Waals surface area (Å²) >= 11 is 0. The number of benzene rings is 12. The van der Waals surface area contributed by atoms with Gasteiger partial charge in [0, 0.05) is 17.1 Å². The highest BCUT2D eigenvalue weighted by Crippen LogP contribution is 2.63. The van der Waals surface area contributed by atoms with Gasteiger partial charge in [0.25, 0.3) is 0 Å². The van der Waals surface area contributed by atoms with Gasteiger partial charge in [-0.3, -0.25) is 0 Å². The molecule has 14 rings (SSSR count). The number of fused-ring (bicyclic) bond motifs is 11. The number of anilines is 3. The van der Waals surface area contributed by atoms with Crippen molar-refractivity contribution in [1.82, 2.24) is 0 Å². The minimum absolute atomic E-state index is 0.459. The second-order valence-corrected chi connectivity index (χ2v) is 19.1. The Morgan fingerprint density at radius 1 is 0.222 bits per heavy atom. The first kappa shape index (κ1) is 41.7. The molecule has 0 amide bonds. The van der Waals surface area contributed by atoms with Gasteiger partial charge in [-0.2, -0.15) is 0 Å². The minimum atomic E-state index is -0.459. The molecule has 0 radical (unpaired) electrons. The van der Waals surface area contributed by atoms with Crippen molar-refractivity contribution in [3.63, 3.8) is 0 Å². The van der Waals surface area contributed by atoms with E-state index < -0.39 is 5.41 Å². The molecular formula is C71H47N. The van der Waals surface area contributed by atoms with E-state index in [0.29, 0.717) is 0 Å². The molecule has 72 heavy (non-hydrogen) atoms. The van der Waals surface area contributed by atoms with Crippen LogP contribution in [0.5, 0.6) is 0 Å². The summed E-state index contributed by atoms with van der Waals surface area (Å²) < 4.78 is 0. The molecule has 12 aromatic rings. The predicted octanol–water partition coefficient (Wildman–Crippen LogP) is 19.0. The van der Waals surface area contributed by atoms with E-state index in [2.05, 4.69) is 290 Å². The molecule has 1 spiro atoms. The third kappa shape index (κ3) is 6.48. The molecule has 0 saturated heterocycles. The average Bonchev–Trinajstić information content (AvgIpc) is 3.94. The van der Waals surface area contributed by atoms with Crippen LogP contribution >= 0.6 is 0 Å². The molecule has 0 bridgehead atoms. The van der Waals surface area contributed by atoms with Crippen LogP contribution in [0.15, 0.2) is 285 Å². The summed E-state index contributed by atoms with van der Waals surface area (Å²) in [4.78, 5) is 2.45. The van der Waals surface area contributed by atoms with E-state index in [1.165, 1.54) is 105 Å². The van der Waals surface area contributed by atoms with E-state index in [-0.39, 0.29) is 0 Å². The van der Waals surface area contributed by atoms with Gasteiger partial charge in [0.15, 0.2) is 0 Å². The van der Waals surface area contributed by atoms with Crippen molar-refractivity contribution in [2.45, 2.75) is 5.41 Å². The molecule has 12 aromatic carbocycles. The van der Waals surface area contributed by atoms with Crippen LogP contribution in [0.25, 0.3) is 88.7 Å². The van der Waals surface area contributed by atoms with Crippen molar-refractivity contribution in [3.05, 3.63) is 307 Å². The van der Waals surface area contributed by atoms with Gasteiger partial charge in [-0.15, -0.1) is 0 Å². The van der Waals surface area contributed by atoms with E-state index in [4.69, 9.17) is 0 Å². The Hall–Kier alpha value is -9.30. The Labute approximate surface area is 421 Å². The van der Waals surface area contributed by atoms with Crippen molar-refractivity contribution < 1.29 is 0 Å². The maximum Gasteiger partial charge on any atom is 0.0726 e. The molecule has 0 N–H and O–H groups in total. The third-order valence-electron chi connectivity index (χ3n) is 15.3. The van der Waals surface area contributed by atoms with Gasteiger partial charge in [-0.25, -0.2) is 0 Å². The fourth-order valence-electron chi connectivity index (χ4n) is 12.2. The molecule has 0 aromatic heterocycles. The van der Waals surface area contributed by atoms with Gasteiger partial charge in [0.2, 0.25) is 0 Å². The molecule has 0 atom stereocenters. The van der Waals surface area contributed by atoms with Crippen molar-refractivity contribution in [3.8, 4) is 77.9 Å². The zero-order chi connectivity index (χ0) is 47.6. The molecular weight excluding hydrogens is 867 g/mol. The minimum Gasteiger partial charge on any atom is -0.310 e. The summed E-state index contributed by atoms with van der Waals surface area (Å²) in [5.41, 5.74) is 25.3. The number of rotatable bonds is 8. The van der Waals surface area contributed by atoms with E-state index >= 15 is 0 Å². The Morgan fingerprint density at radius 3 is 1.18 bits per heavy atom. The highest BCUT2D eigenvalue weighted by molar-refractivity contribution is 6.01. The molecule has 0 fully saturated rings. The molecule has 1 heteroatoms. The van der Waals surface area contributed by atoms with Crippen molar-refractivity contribution >= 4 is 27.8 Å². The van der Waals surface area contributed by atoms with Gasteiger partial charge in [0.05, 0.1) is 5.41 Å². The predicted molar refractivity (Wildman–Crippen MR) is 302 cm³/mol. The Morgan fingerprint density at radius 2 is 0.597 bits per heavy atom. The lowest BCUT2D eigenvalue weighted by molar-refractivity contribution is 0.793. The standard InChI is InChI=1S/C71H47N/c1-3-19-48(20-4-1)58-26-9-10-30-65(58)70-59(50-21-5-2-6-22-50)32-18-33-60(70)52-39-43-54(44-40-52)72(53-41-37-51(38-42-53)57-31-17-24-49-23-7-8-25-56(49)57)55-45-46-64-63-29-13-16-36-68(63)71(69(64)47-55)66-34-14-11-27-61(66)62-28-12-15-35-67(62)71/h1-47H. The van der Waals surface area contributed by atoms with Gasteiger partial charge in [-0.05, 0) is 147 Å².